The van der Waals surface area contributed by atoms with Crippen molar-refractivity contribution >= 4 is 5.91 Å². The highest BCUT2D eigenvalue weighted by atomic mass is 19.2. The zero-order chi connectivity index (χ0) is 13.5. The van der Waals surface area contributed by atoms with E-state index in [0.717, 1.165) is 12.1 Å². The number of rotatable bonds is 5. The molecule has 0 saturated heterocycles. The smallest absolute Gasteiger partial charge is 0.275 e. The van der Waals surface area contributed by atoms with Crippen molar-refractivity contribution in [3.63, 3.8) is 0 Å². The van der Waals surface area contributed by atoms with E-state index in [1.165, 1.54) is 6.07 Å². The van der Waals surface area contributed by atoms with Gasteiger partial charge in [0.25, 0.3) is 5.91 Å². The minimum Gasteiger partial charge on any atom is -0.340 e. The number of carbonyl (C=O) groups is 1. The van der Waals surface area contributed by atoms with E-state index in [1.54, 1.807) is 12.2 Å². The molecule has 0 aliphatic heterocycles. The standard InChI is InChI=1S/C13H14F2N2O/c1-3-6-16-13(18)8-17-9(2)10-4-5-11(14)12(15)7-10/h1,4-5,7,9,17H,6,8H2,2H3,(H,16,18)/p+1/t9-/m1/s1. The first kappa shape index (κ1) is 14.1. The molecule has 0 unspecified atom stereocenters. The molecule has 1 aromatic rings. The second-order valence-electron chi connectivity index (χ2n) is 3.88. The monoisotopic (exact) mass is 253 g/mol. The van der Waals surface area contributed by atoms with Gasteiger partial charge in [0.1, 0.15) is 6.04 Å². The molecule has 96 valence electrons. The first-order valence-corrected chi connectivity index (χ1v) is 5.53. The maximum absolute atomic E-state index is 13.0. The number of hydrogen-bond donors (Lipinski definition) is 2. The summed E-state index contributed by atoms with van der Waals surface area (Å²) in [5.74, 6) is 0.340. The summed E-state index contributed by atoms with van der Waals surface area (Å²) in [5, 5.41) is 4.24. The third kappa shape index (κ3) is 4.15. The first-order valence-electron chi connectivity index (χ1n) is 5.53. The lowest BCUT2D eigenvalue weighted by Gasteiger charge is -2.11. The summed E-state index contributed by atoms with van der Waals surface area (Å²) < 4.78 is 25.8. The van der Waals surface area contributed by atoms with Gasteiger partial charge < -0.3 is 10.6 Å². The van der Waals surface area contributed by atoms with Crippen molar-refractivity contribution < 1.29 is 18.9 Å². The second kappa shape index (κ2) is 6.72. The van der Waals surface area contributed by atoms with Crippen LogP contribution in [0.15, 0.2) is 18.2 Å². The number of quaternary nitrogens is 1. The quantitative estimate of drug-likeness (QED) is 0.730. The minimum atomic E-state index is -0.885. The molecule has 0 fully saturated rings. The topological polar surface area (TPSA) is 45.7 Å². The van der Waals surface area contributed by atoms with Gasteiger partial charge in [-0.05, 0) is 25.1 Å². The maximum atomic E-state index is 13.0. The Balaban J connectivity index is 2.50. The van der Waals surface area contributed by atoms with Crippen molar-refractivity contribution in [2.45, 2.75) is 13.0 Å². The number of amides is 1. The molecule has 0 aromatic heterocycles. The fraction of sp³-hybridized carbons (Fsp3) is 0.308. The Morgan fingerprint density at radius 3 is 2.83 bits per heavy atom. The zero-order valence-electron chi connectivity index (χ0n) is 10.0. The summed E-state index contributed by atoms with van der Waals surface area (Å²) in [7, 11) is 0. The number of hydrogen-bond acceptors (Lipinski definition) is 1. The Morgan fingerprint density at radius 1 is 1.50 bits per heavy atom. The van der Waals surface area contributed by atoms with Crippen molar-refractivity contribution in [3.05, 3.63) is 35.4 Å². The molecule has 1 atom stereocenters. The van der Waals surface area contributed by atoms with Crippen LogP contribution in [0.2, 0.25) is 0 Å². The first-order chi connectivity index (χ1) is 8.54. The SMILES string of the molecule is C#CCNC(=O)C[NH2+][C@H](C)c1ccc(F)c(F)c1. The lowest BCUT2D eigenvalue weighted by atomic mass is 10.1. The van der Waals surface area contributed by atoms with Crippen LogP contribution in [0.3, 0.4) is 0 Å². The molecule has 1 rings (SSSR count). The second-order valence-corrected chi connectivity index (χ2v) is 3.88. The van der Waals surface area contributed by atoms with Crippen molar-refractivity contribution in [2.24, 2.45) is 0 Å². The van der Waals surface area contributed by atoms with Gasteiger partial charge in [-0.1, -0.05) is 5.92 Å². The predicted molar refractivity (Wildman–Crippen MR) is 63.4 cm³/mol. The van der Waals surface area contributed by atoms with E-state index in [1.807, 2.05) is 0 Å². The zero-order valence-corrected chi connectivity index (χ0v) is 10.0. The van der Waals surface area contributed by atoms with Crippen LogP contribution < -0.4 is 10.6 Å². The van der Waals surface area contributed by atoms with E-state index in [-0.39, 0.29) is 25.0 Å². The van der Waals surface area contributed by atoms with Crippen LogP contribution in [0.1, 0.15) is 18.5 Å². The lowest BCUT2D eigenvalue weighted by molar-refractivity contribution is -0.682. The molecule has 0 saturated carbocycles. The average Bonchev–Trinajstić information content (AvgIpc) is 2.36. The highest BCUT2D eigenvalue weighted by Crippen LogP contribution is 2.12. The summed E-state index contributed by atoms with van der Waals surface area (Å²) in [4.78, 5) is 11.3. The average molecular weight is 253 g/mol. The molecule has 0 aliphatic carbocycles. The van der Waals surface area contributed by atoms with Crippen LogP contribution >= 0.6 is 0 Å². The Morgan fingerprint density at radius 2 is 2.22 bits per heavy atom. The molecule has 0 bridgehead atoms. The summed E-state index contributed by atoms with van der Waals surface area (Å²) in [5.41, 5.74) is 0.624. The molecule has 1 aromatic carbocycles. The van der Waals surface area contributed by atoms with Gasteiger partial charge in [0.05, 0.1) is 6.54 Å². The number of carbonyl (C=O) groups excluding carboxylic acids is 1. The fourth-order valence-electron chi connectivity index (χ4n) is 1.44. The molecule has 0 radical (unpaired) electrons. The van der Waals surface area contributed by atoms with Crippen molar-refractivity contribution in [1.29, 1.82) is 0 Å². The highest BCUT2D eigenvalue weighted by molar-refractivity contribution is 5.76. The van der Waals surface area contributed by atoms with Crippen LogP contribution in [0.4, 0.5) is 8.78 Å². The predicted octanol–water partition coefficient (Wildman–Crippen LogP) is 0.339. The van der Waals surface area contributed by atoms with Gasteiger partial charge in [-0.25, -0.2) is 8.78 Å². The molecule has 1 amide bonds. The molecular weight excluding hydrogens is 238 g/mol. The van der Waals surface area contributed by atoms with Crippen LogP contribution in [-0.2, 0) is 4.79 Å². The summed E-state index contributed by atoms with van der Waals surface area (Å²) in [6.45, 7) is 2.18. The van der Waals surface area contributed by atoms with E-state index in [0.29, 0.717) is 5.56 Å². The molecule has 18 heavy (non-hydrogen) atoms. The van der Waals surface area contributed by atoms with Crippen LogP contribution in [0.25, 0.3) is 0 Å². The van der Waals surface area contributed by atoms with Gasteiger partial charge in [0.2, 0.25) is 0 Å². The Hall–Kier alpha value is -1.93. The van der Waals surface area contributed by atoms with Crippen LogP contribution in [0, 0.1) is 24.0 Å². The Kier molecular flexibility index (Phi) is 5.28. The third-order valence-corrected chi connectivity index (χ3v) is 2.51. The number of benzene rings is 1. The van der Waals surface area contributed by atoms with Gasteiger partial charge in [-0.2, -0.15) is 0 Å². The molecule has 0 aliphatic rings. The third-order valence-electron chi connectivity index (χ3n) is 2.51. The highest BCUT2D eigenvalue weighted by Gasteiger charge is 2.13. The van der Waals surface area contributed by atoms with Gasteiger partial charge in [0.15, 0.2) is 18.2 Å². The van der Waals surface area contributed by atoms with Gasteiger partial charge in [0, 0.05) is 5.56 Å². The van der Waals surface area contributed by atoms with Crippen molar-refractivity contribution in [3.8, 4) is 12.3 Å². The van der Waals surface area contributed by atoms with E-state index >= 15 is 0 Å². The molecule has 3 nitrogen and oxygen atoms in total. The Labute approximate surface area is 105 Å². The number of terminal acetylenes is 1. The molecule has 0 heterocycles. The minimum absolute atomic E-state index is 0.142. The van der Waals surface area contributed by atoms with Crippen LogP contribution in [0.5, 0.6) is 0 Å². The molecule has 0 spiro atoms. The van der Waals surface area contributed by atoms with E-state index in [2.05, 4.69) is 11.2 Å². The Bertz CT molecular complexity index is 469. The maximum Gasteiger partial charge on any atom is 0.275 e. The van der Waals surface area contributed by atoms with Gasteiger partial charge >= 0.3 is 0 Å². The fourth-order valence-corrected chi connectivity index (χ4v) is 1.44. The molecular formula is C13H15F2N2O+. The number of nitrogens with one attached hydrogen (secondary N) is 1. The summed E-state index contributed by atoms with van der Waals surface area (Å²) >= 11 is 0. The van der Waals surface area contributed by atoms with E-state index in [4.69, 9.17) is 6.42 Å². The van der Waals surface area contributed by atoms with Gasteiger partial charge in [-0.3, -0.25) is 4.79 Å². The molecule has 5 heteroatoms. The number of halogens is 2. The normalized spacial score (nSPS) is 11.7. The largest absolute Gasteiger partial charge is 0.340 e. The lowest BCUT2D eigenvalue weighted by Crippen LogP contribution is -2.87. The summed E-state index contributed by atoms with van der Waals surface area (Å²) in [6.07, 6.45) is 5.00. The number of nitrogens with two attached hydrogens (primary N) is 1. The van der Waals surface area contributed by atoms with E-state index in [9.17, 15) is 13.6 Å². The van der Waals surface area contributed by atoms with E-state index < -0.39 is 11.6 Å². The van der Waals surface area contributed by atoms with Crippen LogP contribution in [-0.4, -0.2) is 19.0 Å². The van der Waals surface area contributed by atoms with Gasteiger partial charge in [-0.15, -0.1) is 6.42 Å². The van der Waals surface area contributed by atoms with Crippen molar-refractivity contribution in [1.82, 2.24) is 5.32 Å². The van der Waals surface area contributed by atoms with Crippen molar-refractivity contribution in [2.75, 3.05) is 13.1 Å². The molecule has 3 N–H and O–H groups in total. The summed E-state index contributed by atoms with van der Waals surface area (Å²) in [6, 6.07) is 3.57.